The zero-order valence-electron chi connectivity index (χ0n) is 11.8. The molecule has 1 saturated heterocycles. The van der Waals surface area contributed by atoms with Crippen LogP contribution in [0.4, 0.5) is 0 Å². The molecule has 1 heterocycles. The average molecular weight is 325 g/mol. The lowest BCUT2D eigenvalue weighted by Gasteiger charge is -2.40. The van der Waals surface area contributed by atoms with E-state index in [9.17, 15) is 15.0 Å². The van der Waals surface area contributed by atoms with E-state index < -0.39 is 43.1 Å². The third-order valence-corrected chi connectivity index (χ3v) is 3.50. The Morgan fingerprint density at radius 2 is 2.05 bits per heavy atom. The summed E-state index contributed by atoms with van der Waals surface area (Å²) in [6.45, 7) is 1.63. The van der Waals surface area contributed by atoms with Crippen molar-refractivity contribution in [1.82, 2.24) is 4.89 Å². The SMILES string of the molecule is CC1C(OCCCCC(=O)ONS)OC(CO)[C@H](O)[C@@H]1O. The van der Waals surface area contributed by atoms with Gasteiger partial charge in [0.05, 0.1) is 12.7 Å². The maximum atomic E-state index is 11.0. The van der Waals surface area contributed by atoms with Crippen LogP contribution in [0.15, 0.2) is 0 Å². The molecular formula is C12H23NO7S. The van der Waals surface area contributed by atoms with E-state index in [0.717, 1.165) is 0 Å². The quantitative estimate of drug-likeness (QED) is 0.222. The molecule has 0 aromatic carbocycles. The minimum Gasteiger partial charge on any atom is -0.394 e. The Bertz CT molecular complexity index is 318. The largest absolute Gasteiger partial charge is 0.394 e. The molecule has 0 aromatic heterocycles. The van der Waals surface area contributed by atoms with E-state index >= 15 is 0 Å². The topological polar surface area (TPSA) is 117 Å². The number of ether oxygens (including phenoxy) is 2. The van der Waals surface area contributed by atoms with Gasteiger partial charge in [-0.15, -0.1) is 0 Å². The highest BCUT2D eigenvalue weighted by molar-refractivity contribution is 7.77. The summed E-state index contributed by atoms with van der Waals surface area (Å²) < 4.78 is 10.9. The van der Waals surface area contributed by atoms with Crippen molar-refractivity contribution in [3.63, 3.8) is 0 Å². The third kappa shape index (κ3) is 5.70. The van der Waals surface area contributed by atoms with Crippen LogP contribution in [-0.4, -0.2) is 59.1 Å². The third-order valence-electron chi connectivity index (χ3n) is 3.40. The zero-order chi connectivity index (χ0) is 15.8. The second kappa shape index (κ2) is 9.57. The average Bonchev–Trinajstić information content (AvgIpc) is 2.47. The number of aliphatic hydroxyl groups is 3. The number of thiol groups is 1. The Labute approximate surface area is 128 Å². The van der Waals surface area contributed by atoms with Gasteiger partial charge in [-0.1, -0.05) is 24.6 Å². The van der Waals surface area contributed by atoms with Gasteiger partial charge < -0.3 is 29.6 Å². The normalized spacial score (nSPS) is 32.9. The van der Waals surface area contributed by atoms with Crippen LogP contribution in [0.5, 0.6) is 0 Å². The van der Waals surface area contributed by atoms with Gasteiger partial charge in [0.25, 0.3) is 0 Å². The number of hydrogen-bond donors (Lipinski definition) is 5. The van der Waals surface area contributed by atoms with Crippen molar-refractivity contribution in [3.05, 3.63) is 0 Å². The fourth-order valence-corrected chi connectivity index (χ4v) is 2.19. The van der Waals surface area contributed by atoms with Gasteiger partial charge in [-0.2, -0.15) is 0 Å². The lowest BCUT2D eigenvalue weighted by Crippen LogP contribution is -2.55. The van der Waals surface area contributed by atoms with Gasteiger partial charge >= 0.3 is 5.97 Å². The van der Waals surface area contributed by atoms with Crippen molar-refractivity contribution in [2.45, 2.75) is 50.8 Å². The van der Waals surface area contributed by atoms with E-state index in [1.807, 2.05) is 4.89 Å². The fraction of sp³-hybridized carbons (Fsp3) is 0.917. The van der Waals surface area contributed by atoms with Gasteiger partial charge in [-0.3, -0.25) is 4.79 Å². The van der Waals surface area contributed by atoms with Crippen molar-refractivity contribution in [1.29, 1.82) is 0 Å². The molecular weight excluding hydrogens is 302 g/mol. The van der Waals surface area contributed by atoms with Gasteiger partial charge in [0.15, 0.2) is 6.29 Å². The Morgan fingerprint density at radius 1 is 1.33 bits per heavy atom. The molecule has 5 atom stereocenters. The molecule has 0 amide bonds. The summed E-state index contributed by atoms with van der Waals surface area (Å²) in [4.78, 5) is 17.5. The van der Waals surface area contributed by atoms with Crippen LogP contribution in [0, 0.1) is 5.92 Å². The lowest BCUT2D eigenvalue weighted by atomic mass is 9.92. The molecule has 1 aliphatic rings. The minimum absolute atomic E-state index is 0.235. The first-order valence-corrected chi connectivity index (χ1v) is 7.28. The van der Waals surface area contributed by atoms with Gasteiger partial charge in [-0.25, -0.2) is 0 Å². The Kier molecular flexibility index (Phi) is 8.49. The summed E-state index contributed by atoms with van der Waals surface area (Å²) in [5.74, 6) is -0.827. The Balaban J connectivity index is 2.26. The number of rotatable bonds is 8. The Morgan fingerprint density at radius 3 is 2.67 bits per heavy atom. The molecule has 0 bridgehead atoms. The summed E-state index contributed by atoms with van der Waals surface area (Å²) in [6, 6.07) is 0. The van der Waals surface area contributed by atoms with Crippen molar-refractivity contribution >= 4 is 18.8 Å². The maximum Gasteiger partial charge on any atom is 0.325 e. The first-order valence-electron chi connectivity index (χ1n) is 6.84. The molecule has 0 saturated carbocycles. The van der Waals surface area contributed by atoms with E-state index in [1.165, 1.54) is 0 Å². The number of nitrogens with one attached hydrogen (secondary N) is 1. The summed E-state index contributed by atoms with van der Waals surface area (Å²) >= 11 is 3.54. The number of carbonyl (C=O) groups excluding carboxylic acids is 1. The second-order valence-electron chi connectivity index (χ2n) is 4.96. The molecule has 1 fully saturated rings. The second-order valence-corrected chi connectivity index (χ2v) is 5.14. The van der Waals surface area contributed by atoms with Crippen LogP contribution >= 0.6 is 12.8 Å². The predicted molar refractivity (Wildman–Crippen MR) is 74.9 cm³/mol. The molecule has 124 valence electrons. The Hall–Kier alpha value is -0.420. The van der Waals surface area contributed by atoms with E-state index in [1.54, 1.807) is 6.92 Å². The van der Waals surface area contributed by atoms with Crippen LogP contribution < -0.4 is 4.89 Å². The molecule has 21 heavy (non-hydrogen) atoms. The maximum absolute atomic E-state index is 11.0. The van der Waals surface area contributed by atoms with Crippen LogP contribution in [-0.2, 0) is 19.1 Å². The molecule has 0 radical (unpaired) electrons. The van der Waals surface area contributed by atoms with Crippen LogP contribution in [0.2, 0.25) is 0 Å². The first kappa shape index (κ1) is 18.6. The van der Waals surface area contributed by atoms with Crippen LogP contribution in [0.3, 0.4) is 0 Å². The molecule has 9 heteroatoms. The molecule has 0 aliphatic carbocycles. The highest BCUT2D eigenvalue weighted by Crippen LogP contribution is 2.26. The molecule has 0 spiro atoms. The van der Waals surface area contributed by atoms with Crippen molar-refractivity contribution in [2.75, 3.05) is 13.2 Å². The molecule has 0 aromatic rings. The number of hydrogen-bond acceptors (Lipinski definition) is 9. The van der Waals surface area contributed by atoms with Crippen molar-refractivity contribution in [2.24, 2.45) is 5.92 Å². The van der Waals surface area contributed by atoms with Gasteiger partial charge in [0, 0.05) is 18.9 Å². The first-order chi connectivity index (χ1) is 10.0. The molecule has 3 unspecified atom stereocenters. The van der Waals surface area contributed by atoms with E-state index in [-0.39, 0.29) is 6.42 Å². The van der Waals surface area contributed by atoms with E-state index in [4.69, 9.17) is 14.6 Å². The van der Waals surface area contributed by atoms with Crippen LogP contribution in [0.1, 0.15) is 26.2 Å². The number of carbonyl (C=O) groups is 1. The van der Waals surface area contributed by atoms with Gasteiger partial charge in [0.2, 0.25) is 0 Å². The van der Waals surface area contributed by atoms with E-state index in [0.29, 0.717) is 19.4 Å². The monoisotopic (exact) mass is 325 g/mol. The highest BCUT2D eigenvalue weighted by atomic mass is 32.1. The van der Waals surface area contributed by atoms with E-state index in [2.05, 4.69) is 17.7 Å². The fourth-order valence-electron chi connectivity index (χ4n) is 2.08. The molecule has 1 rings (SSSR count). The summed E-state index contributed by atoms with van der Waals surface area (Å²) in [6.07, 6.45) is -2.30. The summed E-state index contributed by atoms with van der Waals surface area (Å²) in [7, 11) is 0. The number of unbranched alkanes of at least 4 members (excludes halogenated alkanes) is 1. The van der Waals surface area contributed by atoms with Crippen molar-refractivity contribution < 1.29 is 34.4 Å². The van der Waals surface area contributed by atoms with Crippen LogP contribution in [0.25, 0.3) is 0 Å². The molecule has 4 N–H and O–H groups in total. The highest BCUT2D eigenvalue weighted by Gasteiger charge is 2.42. The standard InChI is InChI=1S/C12H23NO7S/c1-7-10(16)11(17)8(6-14)19-12(7)18-5-3-2-4-9(15)20-13-21/h7-8,10-14,16-17,21H,2-6H2,1H3/t7?,8?,10-,11+,12?/m1/s1. The lowest BCUT2D eigenvalue weighted by molar-refractivity contribution is -0.282. The van der Waals surface area contributed by atoms with Gasteiger partial charge in [-0.05, 0) is 12.8 Å². The zero-order valence-corrected chi connectivity index (χ0v) is 12.7. The molecule has 1 aliphatic heterocycles. The number of aliphatic hydroxyl groups excluding tert-OH is 3. The predicted octanol–water partition coefficient (Wildman–Crippen LogP) is -0.859. The minimum atomic E-state index is -1.13. The summed E-state index contributed by atoms with van der Waals surface area (Å²) in [5, 5.41) is 28.6. The smallest absolute Gasteiger partial charge is 0.325 e. The molecule has 8 nitrogen and oxygen atoms in total. The summed E-state index contributed by atoms with van der Waals surface area (Å²) in [5.41, 5.74) is 0. The van der Waals surface area contributed by atoms with Crippen molar-refractivity contribution in [3.8, 4) is 0 Å². The van der Waals surface area contributed by atoms with Gasteiger partial charge in [0.1, 0.15) is 12.2 Å².